The van der Waals surface area contributed by atoms with E-state index >= 15 is 0 Å². The van der Waals surface area contributed by atoms with Gasteiger partial charge in [0.15, 0.2) is 16.7 Å². The van der Waals surface area contributed by atoms with Crippen LogP contribution in [-0.4, -0.2) is 40.6 Å². The first kappa shape index (κ1) is 20.1. The van der Waals surface area contributed by atoms with E-state index in [0.29, 0.717) is 27.1 Å². The monoisotopic (exact) mass is 432 g/mol. The Hall–Kier alpha value is -1.96. The van der Waals surface area contributed by atoms with E-state index in [1.807, 2.05) is 12.3 Å². The highest BCUT2D eigenvalue weighted by atomic mass is 79.9. The molecule has 0 atom stereocenters. The molecule has 128 valence electrons. The van der Waals surface area contributed by atoms with Crippen molar-refractivity contribution in [1.29, 1.82) is 5.26 Å². The van der Waals surface area contributed by atoms with Crippen molar-refractivity contribution in [1.82, 2.24) is 20.2 Å². The smallest absolute Gasteiger partial charge is 0.224 e. The molecule has 2 N–H and O–H groups in total. The van der Waals surface area contributed by atoms with E-state index in [0.717, 1.165) is 0 Å². The van der Waals surface area contributed by atoms with Crippen LogP contribution in [-0.2, 0) is 4.74 Å². The molecule has 2 aromatic rings. The fourth-order valence-corrected chi connectivity index (χ4v) is 2.04. The molecule has 0 aliphatic carbocycles. The second kappa shape index (κ2) is 10.7. The number of halogens is 2. The van der Waals surface area contributed by atoms with Crippen LogP contribution < -0.4 is 10.1 Å². The number of aromatic amines is 1. The molecule has 2 rings (SSSR count). The van der Waals surface area contributed by atoms with E-state index in [1.165, 1.54) is 17.8 Å². The summed E-state index contributed by atoms with van der Waals surface area (Å²) in [5.74, 6) is 1.67. The molecule has 24 heavy (non-hydrogen) atoms. The lowest BCUT2D eigenvalue weighted by Crippen LogP contribution is -1.96. The van der Waals surface area contributed by atoms with Crippen molar-refractivity contribution in [2.45, 2.75) is 0 Å². The van der Waals surface area contributed by atoms with Gasteiger partial charge in [0.25, 0.3) is 0 Å². The number of allylic oxidation sites excluding steroid dienone is 1. The maximum Gasteiger partial charge on any atom is 0.224 e. The van der Waals surface area contributed by atoms with Gasteiger partial charge in [-0.15, -0.1) is 0 Å². The second-order valence-electron chi connectivity index (χ2n) is 3.78. The molecule has 0 amide bonds. The molecule has 0 saturated carbocycles. The third-order valence-corrected chi connectivity index (χ3v) is 3.77. The Morgan fingerprint density at radius 1 is 1.54 bits per heavy atom. The summed E-state index contributed by atoms with van der Waals surface area (Å²) >= 11 is 10.4. The first-order valence-electron chi connectivity index (χ1n) is 6.26. The molecule has 0 saturated heterocycles. The predicted octanol–water partition coefficient (Wildman–Crippen LogP) is 3.73. The zero-order valence-corrected chi connectivity index (χ0v) is 16.2. The lowest BCUT2D eigenvalue weighted by Gasteiger charge is -2.03. The van der Waals surface area contributed by atoms with Crippen molar-refractivity contribution in [3.05, 3.63) is 33.2 Å². The number of anilines is 2. The van der Waals surface area contributed by atoms with Crippen LogP contribution in [0.3, 0.4) is 0 Å². The third-order valence-electron chi connectivity index (χ3n) is 2.32. The first-order chi connectivity index (χ1) is 11.5. The Bertz CT molecular complexity index is 727. The van der Waals surface area contributed by atoms with Crippen LogP contribution in [0.1, 0.15) is 0 Å². The lowest BCUT2D eigenvalue weighted by atomic mass is 10.5. The van der Waals surface area contributed by atoms with Gasteiger partial charge >= 0.3 is 0 Å². The molecular formula is C13H14BrClN6O2S. The van der Waals surface area contributed by atoms with Crippen LogP contribution in [0.25, 0.3) is 0 Å². The largest absolute Gasteiger partial charge is 0.490 e. The van der Waals surface area contributed by atoms with Gasteiger partial charge in [0, 0.05) is 12.3 Å². The molecule has 8 nitrogen and oxygen atoms in total. The number of hydrogen-bond acceptors (Lipinski definition) is 8. The average Bonchev–Trinajstić information content (AvgIpc) is 3.04. The summed E-state index contributed by atoms with van der Waals surface area (Å²) in [6.07, 6.45) is 4.78. The summed E-state index contributed by atoms with van der Waals surface area (Å²) in [5, 5.41) is 18.5. The van der Waals surface area contributed by atoms with Gasteiger partial charge in [-0.05, 0) is 33.8 Å². The third kappa shape index (κ3) is 6.66. The minimum atomic E-state index is 0.160. The molecule has 2 aromatic heterocycles. The number of H-pyrrole nitrogens is 1. The molecule has 2 heterocycles. The Labute approximate surface area is 156 Å². The van der Waals surface area contributed by atoms with Crippen molar-refractivity contribution < 1.29 is 9.47 Å². The fourth-order valence-electron chi connectivity index (χ4n) is 1.28. The molecule has 0 bridgehead atoms. The van der Waals surface area contributed by atoms with Crippen molar-refractivity contribution in [3.8, 4) is 11.9 Å². The molecule has 0 unspecified atom stereocenters. The maximum atomic E-state index is 8.08. The highest BCUT2D eigenvalue weighted by molar-refractivity contribution is 9.10. The van der Waals surface area contributed by atoms with Gasteiger partial charge in [0.1, 0.15) is 0 Å². The molecule has 0 aliphatic rings. The van der Waals surface area contributed by atoms with E-state index in [4.69, 9.17) is 26.3 Å². The van der Waals surface area contributed by atoms with Crippen LogP contribution in [0.15, 0.2) is 27.9 Å². The molecule has 0 spiro atoms. The van der Waals surface area contributed by atoms with Gasteiger partial charge in [-0.2, -0.15) is 15.3 Å². The minimum absolute atomic E-state index is 0.160. The lowest BCUT2D eigenvalue weighted by molar-refractivity contribution is 0.325. The Morgan fingerprint density at radius 3 is 2.79 bits per heavy atom. The van der Waals surface area contributed by atoms with Crippen molar-refractivity contribution in [2.24, 2.45) is 0 Å². The summed E-state index contributed by atoms with van der Waals surface area (Å²) in [5.41, 5.74) is 0. The number of ether oxygens (including phenoxy) is 2. The quantitative estimate of drug-likeness (QED) is 0.417. The summed E-state index contributed by atoms with van der Waals surface area (Å²) in [6.45, 7) is 0. The maximum absolute atomic E-state index is 8.08. The van der Waals surface area contributed by atoms with Crippen molar-refractivity contribution in [2.75, 3.05) is 25.8 Å². The van der Waals surface area contributed by atoms with Crippen LogP contribution in [0.4, 0.5) is 11.6 Å². The number of methoxy groups -OCH3 is 2. The molecule has 11 heteroatoms. The molecular weight excluding hydrogens is 420 g/mol. The first-order valence-corrected chi connectivity index (χ1v) is 8.65. The summed E-state index contributed by atoms with van der Waals surface area (Å²) < 4.78 is 10.4. The fraction of sp³-hybridized carbons (Fsp3) is 0.231. The number of nitrogens with one attached hydrogen (secondary N) is 2. The Balaban J connectivity index is 0.000000307. The standard InChI is InChI=1S/C8H7BrClN5O.C5H7NOS/c1-16-6-2-5(14-15-6)12-7-4(9)3-11-8(10)13-7;1-7-5(8-2)3-4-6/h2-3H,1H3,(H2,11,12,13,14,15);3H,1-2H3/b;5-3-. The van der Waals surface area contributed by atoms with Crippen LogP contribution in [0.2, 0.25) is 5.28 Å². The zero-order valence-electron chi connectivity index (χ0n) is 13.0. The Kier molecular flexibility index (Phi) is 8.99. The number of rotatable bonds is 5. The highest BCUT2D eigenvalue weighted by Crippen LogP contribution is 2.24. The Morgan fingerprint density at radius 2 is 2.29 bits per heavy atom. The topological polar surface area (TPSA) is 109 Å². The number of hydrogen-bond donors (Lipinski definition) is 2. The summed E-state index contributed by atoms with van der Waals surface area (Å²) in [6, 6.07) is 3.56. The number of nitrogens with zero attached hydrogens (tertiary/aromatic N) is 4. The summed E-state index contributed by atoms with van der Waals surface area (Å²) in [4.78, 5) is 7.82. The van der Waals surface area contributed by atoms with Crippen LogP contribution in [0, 0.1) is 11.3 Å². The highest BCUT2D eigenvalue weighted by Gasteiger charge is 2.06. The van der Waals surface area contributed by atoms with Gasteiger partial charge in [-0.25, -0.2) is 10.1 Å². The van der Waals surface area contributed by atoms with E-state index in [2.05, 4.69) is 41.4 Å². The van der Waals surface area contributed by atoms with Gasteiger partial charge in [-0.1, -0.05) is 11.8 Å². The number of nitriles is 1. The zero-order chi connectivity index (χ0) is 17.9. The molecule has 0 radical (unpaired) electrons. The molecule has 0 aromatic carbocycles. The number of aromatic nitrogens is 4. The summed E-state index contributed by atoms with van der Waals surface area (Å²) in [7, 11) is 3.09. The average molecular weight is 434 g/mol. The molecule has 0 fully saturated rings. The van der Waals surface area contributed by atoms with E-state index < -0.39 is 0 Å². The van der Waals surface area contributed by atoms with Gasteiger partial charge in [0.05, 0.1) is 30.8 Å². The van der Waals surface area contributed by atoms with Crippen molar-refractivity contribution in [3.63, 3.8) is 0 Å². The normalized spacial score (nSPS) is 10.2. The number of thioether (sulfide) groups is 1. The van der Waals surface area contributed by atoms with Crippen molar-refractivity contribution >= 4 is 50.9 Å². The predicted molar refractivity (Wildman–Crippen MR) is 97.4 cm³/mol. The second-order valence-corrected chi connectivity index (χ2v) is 5.79. The van der Waals surface area contributed by atoms with Crippen LogP contribution >= 0.6 is 39.3 Å². The van der Waals surface area contributed by atoms with E-state index in [1.54, 1.807) is 26.5 Å². The van der Waals surface area contributed by atoms with E-state index in [-0.39, 0.29) is 5.28 Å². The minimum Gasteiger partial charge on any atom is -0.490 e. The van der Waals surface area contributed by atoms with Crippen LogP contribution in [0.5, 0.6) is 5.88 Å². The van der Waals surface area contributed by atoms with E-state index in [9.17, 15) is 0 Å². The van der Waals surface area contributed by atoms with Gasteiger partial charge < -0.3 is 14.8 Å². The van der Waals surface area contributed by atoms with Gasteiger partial charge in [-0.3, -0.25) is 0 Å². The SMILES string of the molecule is CO/C(=C/C#N)SC.COc1cc(Nc2nc(Cl)ncc2Br)n[nH]1. The molecule has 0 aliphatic heterocycles. The van der Waals surface area contributed by atoms with Gasteiger partial charge in [0.2, 0.25) is 11.2 Å².